The first-order valence-corrected chi connectivity index (χ1v) is 11.1. The highest BCUT2D eigenvalue weighted by molar-refractivity contribution is 7.92. The lowest BCUT2D eigenvalue weighted by molar-refractivity contribution is 0.0343. The molecule has 2 aliphatic heterocycles. The molecule has 0 radical (unpaired) electrons. The van der Waals surface area contributed by atoms with Gasteiger partial charge in [-0.25, -0.2) is 8.42 Å². The third kappa shape index (κ3) is 5.79. The Bertz CT molecular complexity index is 692. The first kappa shape index (κ1) is 19.8. The fourth-order valence-corrected chi connectivity index (χ4v) is 4.81. The summed E-state index contributed by atoms with van der Waals surface area (Å²) < 4.78 is 32.0. The van der Waals surface area contributed by atoms with E-state index in [2.05, 4.69) is 4.90 Å². The van der Waals surface area contributed by atoms with E-state index < -0.39 is 10.0 Å². The number of benzene rings is 1. The minimum Gasteiger partial charge on any atom is -0.379 e. The lowest BCUT2D eigenvalue weighted by Crippen LogP contribution is -2.40. The maximum atomic E-state index is 12.5. The second kappa shape index (κ2) is 9.33. The fourth-order valence-electron chi connectivity index (χ4n) is 3.47. The average molecular weight is 399 g/mol. The summed E-state index contributed by atoms with van der Waals surface area (Å²) in [6.45, 7) is 6.01. The Morgan fingerprint density at radius 2 is 1.73 bits per heavy atom. The first-order valence-electron chi connectivity index (χ1n) is 9.27. The number of ether oxygens (including phenoxy) is 1. The van der Waals surface area contributed by atoms with Crippen LogP contribution in [0.25, 0.3) is 6.08 Å². The van der Waals surface area contributed by atoms with E-state index in [9.17, 15) is 8.42 Å². The van der Waals surface area contributed by atoms with E-state index in [4.69, 9.17) is 16.3 Å². The number of nitrogens with zero attached hydrogens (tertiary/aromatic N) is 2. The van der Waals surface area contributed by atoms with Gasteiger partial charge in [0, 0.05) is 36.6 Å². The summed E-state index contributed by atoms with van der Waals surface area (Å²) in [4.78, 5) is 2.45. The molecule has 2 fully saturated rings. The SMILES string of the molecule is O=S(=O)(/C=C/c1ccc(Cl)cc1)N1CCC(CCN2CCOCC2)CC1. The molecule has 26 heavy (non-hydrogen) atoms. The van der Waals surface area contributed by atoms with Crippen LogP contribution in [-0.2, 0) is 14.8 Å². The maximum absolute atomic E-state index is 12.5. The number of halogens is 1. The van der Waals surface area contributed by atoms with Gasteiger partial charge in [0.2, 0.25) is 10.0 Å². The lowest BCUT2D eigenvalue weighted by Gasteiger charge is -2.32. The predicted molar refractivity (Wildman–Crippen MR) is 106 cm³/mol. The third-order valence-corrected chi connectivity index (χ3v) is 7.01. The van der Waals surface area contributed by atoms with Crippen LogP contribution in [0.4, 0.5) is 0 Å². The third-order valence-electron chi connectivity index (χ3n) is 5.19. The van der Waals surface area contributed by atoms with E-state index in [0.717, 1.165) is 57.7 Å². The molecule has 5 nitrogen and oxygen atoms in total. The van der Waals surface area contributed by atoms with Gasteiger partial charge >= 0.3 is 0 Å². The number of piperidine rings is 1. The molecule has 0 N–H and O–H groups in total. The maximum Gasteiger partial charge on any atom is 0.236 e. The normalized spacial score (nSPS) is 21.4. The van der Waals surface area contributed by atoms with Gasteiger partial charge in [-0.1, -0.05) is 23.7 Å². The van der Waals surface area contributed by atoms with Crippen molar-refractivity contribution in [3.63, 3.8) is 0 Å². The molecule has 0 atom stereocenters. The van der Waals surface area contributed by atoms with Crippen molar-refractivity contribution in [3.8, 4) is 0 Å². The summed E-state index contributed by atoms with van der Waals surface area (Å²) in [7, 11) is -3.36. The monoisotopic (exact) mass is 398 g/mol. The average Bonchev–Trinajstić information content (AvgIpc) is 2.67. The van der Waals surface area contributed by atoms with Crippen LogP contribution in [0.2, 0.25) is 5.02 Å². The van der Waals surface area contributed by atoms with Crippen LogP contribution in [0.1, 0.15) is 24.8 Å². The van der Waals surface area contributed by atoms with Crippen LogP contribution in [-0.4, -0.2) is 63.6 Å². The highest BCUT2D eigenvalue weighted by Gasteiger charge is 2.26. The minimum absolute atomic E-state index is 0.612. The van der Waals surface area contributed by atoms with Crippen LogP contribution in [0.15, 0.2) is 29.7 Å². The zero-order chi connectivity index (χ0) is 18.4. The van der Waals surface area contributed by atoms with E-state index in [-0.39, 0.29) is 0 Å². The van der Waals surface area contributed by atoms with Crippen molar-refractivity contribution in [2.75, 3.05) is 45.9 Å². The molecule has 0 bridgehead atoms. The van der Waals surface area contributed by atoms with Gasteiger partial charge < -0.3 is 4.74 Å². The molecule has 1 aromatic rings. The lowest BCUT2D eigenvalue weighted by atomic mass is 9.94. The zero-order valence-electron chi connectivity index (χ0n) is 15.0. The molecule has 0 aliphatic carbocycles. The van der Waals surface area contributed by atoms with Gasteiger partial charge in [-0.3, -0.25) is 4.90 Å². The smallest absolute Gasteiger partial charge is 0.236 e. The number of rotatable bonds is 6. The molecule has 1 aromatic carbocycles. The van der Waals surface area contributed by atoms with Crippen molar-refractivity contribution in [1.82, 2.24) is 9.21 Å². The Balaban J connectivity index is 1.46. The summed E-state index contributed by atoms with van der Waals surface area (Å²) in [5.74, 6) is 0.615. The number of hydrogen-bond donors (Lipinski definition) is 0. The van der Waals surface area contributed by atoms with Gasteiger partial charge in [-0.2, -0.15) is 4.31 Å². The Morgan fingerprint density at radius 3 is 2.38 bits per heavy atom. The van der Waals surface area contributed by atoms with Crippen LogP contribution in [0.5, 0.6) is 0 Å². The van der Waals surface area contributed by atoms with E-state index >= 15 is 0 Å². The molecule has 144 valence electrons. The molecule has 0 spiro atoms. The fraction of sp³-hybridized carbons (Fsp3) is 0.579. The minimum atomic E-state index is -3.36. The van der Waals surface area contributed by atoms with Crippen LogP contribution >= 0.6 is 11.6 Å². The summed E-state index contributed by atoms with van der Waals surface area (Å²) in [6, 6.07) is 7.14. The Morgan fingerprint density at radius 1 is 1.08 bits per heavy atom. The largest absolute Gasteiger partial charge is 0.379 e. The van der Waals surface area contributed by atoms with Crippen LogP contribution in [0, 0.1) is 5.92 Å². The summed E-state index contributed by atoms with van der Waals surface area (Å²) in [5.41, 5.74) is 0.832. The van der Waals surface area contributed by atoms with Crippen molar-refractivity contribution < 1.29 is 13.2 Å². The topological polar surface area (TPSA) is 49.9 Å². The van der Waals surface area contributed by atoms with Crippen molar-refractivity contribution in [2.45, 2.75) is 19.3 Å². The molecule has 0 unspecified atom stereocenters. The van der Waals surface area contributed by atoms with Gasteiger partial charge in [-0.15, -0.1) is 0 Å². The van der Waals surface area contributed by atoms with Gasteiger partial charge in [0.05, 0.1) is 13.2 Å². The Kier molecular flexibility index (Phi) is 7.12. The first-order chi connectivity index (χ1) is 12.5. The molecular weight excluding hydrogens is 372 g/mol. The van der Waals surface area contributed by atoms with Crippen LogP contribution in [0.3, 0.4) is 0 Å². The van der Waals surface area contributed by atoms with Crippen molar-refractivity contribution in [2.24, 2.45) is 5.92 Å². The van der Waals surface area contributed by atoms with Gasteiger partial charge in [0.25, 0.3) is 0 Å². The number of morpholine rings is 1. The molecule has 0 saturated carbocycles. The van der Waals surface area contributed by atoms with Crippen molar-refractivity contribution >= 4 is 27.7 Å². The van der Waals surface area contributed by atoms with Crippen molar-refractivity contribution in [1.29, 1.82) is 0 Å². The molecular formula is C19H27ClN2O3S. The van der Waals surface area contributed by atoms with E-state index in [0.29, 0.717) is 24.0 Å². The van der Waals surface area contributed by atoms with E-state index in [1.807, 2.05) is 12.1 Å². The number of hydrogen-bond acceptors (Lipinski definition) is 4. The van der Waals surface area contributed by atoms with Gasteiger partial charge in [-0.05, 0) is 55.5 Å². The van der Waals surface area contributed by atoms with Gasteiger partial charge in [0.15, 0.2) is 0 Å². The molecule has 0 amide bonds. The second-order valence-corrected chi connectivity index (χ2v) is 9.24. The van der Waals surface area contributed by atoms with E-state index in [1.54, 1.807) is 22.5 Å². The molecule has 3 rings (SSSR count). The summed E-state index contributed by atoms with van der Waals surface area (Å²) in [5, 5.41) is 1.95. The molecule has 2 saturated heterocycles. The molecule has 2 heterocycles. The summed E-state index contributed by atoms with van der Waals surface area (Å²) in [6.07, 6.45) is 4.67. The molecule has 0 aromatic heterocycles. The second-order valence-electron chi connectivity index (χ2n) is 6.98. The highest BCUT2D eigenvalue weighted by atomic mass is 35.5. The summed E-state index contributed by atoms with van der Waals surface area (Å²) >= 11 is 5.85. The molecule has 7 heteroatoms. The van der Waals surface area contributed by atoms with Gasteiger partial charge in [0.1, 0.15) is 0 Å². The van der Waals surface area contributed by atoms with E-state index in [1.165, 1.54) is 5.41 Å². The Labute approximate surface area is 161 Å². The predicted octanol–water partition coefficient (Wildman–Crippen LogP) is 3.07. The van der Waals surface area contributed by atoms with Crippen molar-refractivity contribution in [3.05, 3.63) is 40.3 Å². The van der Waals surface area contributed by atoms with Crippen LogP contribution < -0.4 is 0 Å². The zero-order valence-corrected chi connectivity index (χ0v) is 16.6. The highest BCUT2D eigenvalue weighted by Crippen LogP contribution is 2.24. The molecule has 2 aliphatic rings. The number of sulfonamides is 1. The quantitative estimate of drug-likeness (QED) is 0.738. The Hall–Kier alpha value is -0.920. The standard InChI is InChI=1S/C19H27ClN2O3S/c20-19-3-1-17(2-4-19)8-16-26(23,24)22-10-6-18(7-11-22)5-9-21-12-14-25-15-13-21/h1-4,8,16,18H,5-7,9-15H2/b16-8+.